The maximum absolute atomic E-state index is 13.9. The first kappa shape index (κ1) is 96.2. The topological polar surface area (TPSA) is 421 Å². The van der Waals surface area contributed by atoms with Crippen LogP contribution in [0.1, 0.15) is 257 Å². The number of carbonyl (C=O) groups is 16. The molecule has 16 bridgehead atoms. The molecule has 35 atom stereocenters. The molecule has 21 aliphatic rings. The molecular formula is C101H138O32. The highest BCUT2D eigenvalue weighted by Gasteiger charge is 2.77. The summed E-state index contributed by atoms with van der Waals surface area (Å²) in [4.78, 5) is 201. The van der Waals surface area contributed by atoms with Gasteiger partial charge in [-0.15, -0.1) is 0 Å². The molecule has 0 aromatic heterocycles. The molecule has 32 nitrogen and oxygen atoms in total. The second-order valence-electron chi connectivity index (χ2n) is 44.4. The van der Waals surface area contributed by atoms with Crippen LogP contribution in [0.5, 0.6) is 0 Å². The van der Waals surface area contributed by atoms with Crippen molar-refractivity contribution in [1.29, 1.82) is 0 Å². The van der Waals surface area contributed by atoms with Gasteiger partial charge >= 0.3 is 95.5 Å². The Labute approximate surface area is 777 Å². The van der Waals surface area contributed by atoms with E-state index in [1.54, 1.807) is 48.5 Å². The highest BCUT2D eigenvalue weighted by atomic mass is 16.7. The van der Waals surface area contributed by atoms with Crippen molar-refractivity contribution in [3.63, 3.8) is 0 Å². The van der Waals surface area contributed by atoms with Crippen LogP contribution in [0.4, 0.5) is 0 Å². The van der Waals surface area contributed by atoms with Crippen LogP contribution < -0.4 is 0 Å². The summed E-state index contributed by atoms with van der Waals surface area (Å²) in [6, 6.07) is 0. The van der Waals surface area contributed by atoms with E-state index in [1.165, 1.54) is 32.1 Å². The predicted octanol–water partition coefficient (Wildman–Crippen LogP) is 11.3. The summed E-state index contributed by atoms with van der Waals surface area (Å²) in [5.74, 6) is -8.84. The first-order valence-corrected chi connectivity index (χ1v) is 50.5. The number of esters is 16. The third kappa shape index (κ3) is 17.2. The van der Waals surface area contributed by atoms with E-state index in [0.717, 1.165) is 107 Å². The van der Waals surface area contributed by atoms with Crippen molar-refractivity contribution in [2.45, 2.75) is 329 Å². The van der Waals surface area contributed by atoms with Gasteiger partial charge in [0.2, 0.25) is 0 Å². The van der Waals surface area contributed by atoms with E-state index < -0.39 is 211 Å². The second-order valence-corrected chi connectivity index (χ2v) is 44.4. The minimum atomic E-state index is -0.722. The number of carbonyl (C=O) groups excluding carboxylic acids is 16. The third-order valence-corrected chi connectivity index (χ3v) is 36.8. The monoisotopic (exact) mass is 1860 g/mol. The Morgan fingerprint density at radius 3 is 1.02 bits per heavy atom. The van der Waals surface area contributed by atoms with Crippen LogP contribution in [0.25, 0.3) is 0 Å². The van der Waals surface area contributed by atoms with Crippen LogP contribution >= 0.6 is 0 Å². The van der Waals surface area contributed by atoms with Gasteiger partial charge in [0.1, 0.15) is 71.2 Å². The van der Waals surface area contributed by atoms with Crippen LogP contribution in [-0.2, 0) is 153 Å². The highest BCUT2D eigenvalue weighted by Crippen LogP contribution is 2.72. The van der Waals surface area contributed by atoms with Crippen molar-refractivity contribution in [2.24, 2.45) is 178 Å². The quantitative estimate of drug-likeness (QED) is 0.0366. The Balaban J connectivity index is 0.000000125. The maximum Gasteiger partial charge on any atom is 0.344 e. The van der Waals surface area contributed by atoms with Gasteiger partial charge in [-0.2, -0.15) is 0 Å². The summed E-state index contributed by atoms with van der Waals surface area (Å²) in [6.07, 6.45) is 17.9. The largest absolute Gasteiger partial charge is 0.460 e. The summed E-state index contributed by atoms with van der Waals surface area (Å²) in [6.45, 7) is 24.0. The van der Waals surface area contributed by atoms with Crippen molar-refractivity contribution in [1.82, 2.24) is 0 Å². The average molecular weight is 1860 g/mol. The van der Waals surface area contributed by atoms with Crippen molar-refractivity contribution in [2.75, 3.05) is 26.4 Å². The van der Waals surface area contributed by atoms with Crippen molar-refractivity contribution in [3.8, 4) is 0 Å². The summed E-state index contributed by atoms with van der Waals surface area (Å²) < 4.78 is 89.4. The summed E-state index contributed by atoms with van der Waals surface area (Å²) in [5.41, 5.74) is -2.01. The molecule has 0 aromatic carbocycles. The molecule has 133 heavy (non-hydrogen) atoms. The smallest absolute Gasteiger partial charge is 0.344 e. The molecular weight excluding hydrogens is 1730 g/mol. The molecule has 21 rings (SSSR count). The zero-order valence-electron chi connectivity index (χ0n) is 79.5. The number of ether oxygens (including phenoxy) is 16. The molecule has 17 aliphatic carbocycles. The van der Waals surface area contributed by atoms with E-state index in [1.807, 2.05) is 34.6 Å². The van der Waals surface area contributed by atoms with Gasteiger partial charge in [-0.25, -0.2) is 19.2 Å². The molecule has 0 amide bonds. The lowest BCUT2D eigenvalue weighted by Crippen LogP contribution is -2.60. The Kier molecular flexibility index (Phi) is 27.1. The van der Waals surface area contributed by atoms with Gasteiger partial charge in [0.05, 0.1) is 71.0 Å². The first-order chi connectivity index (χ1) is 63.3. The molecule has 32 heteroatoms. The van der Waals surface area contributed by atoms with Crippen molar-refractivity contribution < 1.29 is 153 Å². The van der Waals surface area contributed by atoms with Crippen molar-refractivity contribution >= 4 is 95.5 Å². The molecule has 734 valence electrons. The van der Waals surface area contributed by atoms with Gasteiger partial charge in [0.15, 0.2) is 26.4 Å². The SMILES string of the molecule is CCC(C)C(=O)OCC(=O)OC1C2CC3C1OC(=O)C3C2C(=O)OC(C)(C)C.CCC(C)C(=O)OCC(=O)OC1C2CC3C1OC(=O)C3C2C(=O)OC1(CC)C2CC3CC(C2)CC1C3.CCC(C)C(=O)OCC(=O)OC1C2CC3C1OC(=O)C3C2C(=O)OC1(CC)CC2CC1C1C3CCC(C3)C21.CCC(C)C(=O)OCC(=O)OC1C2CC3C1OC(=O)C3C2C(=O)OC1(CC)CCCC1. The Morgan fingerprint density at radius 2 is 0.699 bits per heavy atom. The van der Waals surface area contributed by atoms with E-state index in [4.69, 9.17) is 75.8 Å². The Hall–Kier alpha value is -8.48. The van der Waals surface area contributed by atoms with E-state index in [9.17, 15) is 76.7 Å². The molecule has 17 saturated carbocycles. The van der Waals surface area contributed by atoms with E-state index >= 15 is 0 Å². The predicted molar refractivity (Wildman–Crippen MR) is 458 cm³/mol. The van der Waals surface area contributed by atoms with Crippen LogP contribution in [0.2, 0.25) is 0 Å². The fourth-order valence-electron chi connectivity index (χ4n) is 30.2. The number of hydrogen-bond donors (Lipinski definition) is 0. The molecule has 0 radical (unpaired) electrons. The maximum atomic E-state index is 13.9. The Bertz CT molecular complexity index is 4530. The zero-order valence-corrected chi connectivity index (χ0v) is 79.5. The molecule has 4 saturated heterocycles. The van der Waals surface area contributed by atoms with Gasteiger partial charge in [-0.05, 0) is 235 Å². The van der Waals surface area contributed by atoms with Gasteiger partial charge in [-0.3, -0.25) is 57.5 Å². The lowest BCUT2D eigenvalue weighted by atomic mass is 9.49. The molecule has 4 aliphatic heterocycles. The summed E-state index contributed by atoms with van der Waals surface area (Å²) in [7, 11) is 0. The number of fused-ring (bicyclic) bond motifs is 13. The van der Waals surface area contributed by atoms with E-state index in [2.05, 4.69) is 13.8 Å². The lowest BCUT2D eigenvalue weighted by molar-refractivity contribution is -0.218. The highest BCUT2D eigenvalue weighted by molar-refractivity contribution is 5.90. The van der Waals surface area contributed by atoms with Crippen molar-refractivity contribution in [3.05, 3.63) is 0 Å². The molecule has 21 fully saturated rings. The molecule has 0 aromatic rings. The van der Waals surface area contributed by atoms with Crippen LogP contribution in [0.15, 0.2) is 0 Å². The standard InChI is InChI=1S/C30H40O8.C28H38O8.C23H32O8.C20H28O8/c1-4-13(3)27(32)35-12-20(31)36-25-18-10-17-23(28(33)37-26(17)25)24(18)29(34)38-30(5-2)11-16-9-19(30)22-15-7-6-14(8-15)21(16)22;1-4-13(3)25(30)33-12-20(29)34-23-19-11-18-21(26(31)35-24(18)23)22(19)27(32)36-28(5-2)16-7-14-6-15(9-16)10-17(28)8-14;1-4-12(3)20(25)28-11-15(24)29-18-14-10-13-16(21(26)30-19(13)18)17(14)22(27)31-23(5-2)8-6-7-9-23;1-6-9(2)17(22)25-8-12(21)26-15-11-7-10-13(18(23)27-16(10)15)14(11)19(24)28-20(3,4)5/h13-19,21-26H,4-12H2,1-3H3;13-19,21-24H,4-12H2,1-3H3;12-14,16-19H,4-11H2,1-3H3;9-11,13-16H,6-8H2,1-5H3. The van der Waals surface area contributed by atoms with Gasteiger partial charge in [-0.1, -0.05) is 76.2 Å². The Morgan fingerprint density at radius 1 is 0.368 bits per heavy atom. The minimum absolute atomic E-state index is 0.141. The molecule has 35 unspecified atom stereocenters. The van der Waals surface area contributed by atoms with Crippen LogP contribution in [-0.4, -0.2) is 193 Å². The normalized spacial score (nSPS) is 41.9. The zero-order chi connectivity index (χ0) is 95.0. The number of hydrogen-bond acceptors (Lipinski definition) is 32. The van der Waals surface area contributed by atoms with Gasteiger partial charge in [0, 0.05) is 53.3 Å². The molecule has 0 spiro atoms. The lowest BCUT2D eigenvalue weighted by Gasteiger charge is -2.60. The van der Waals surface area contributed by atoms with Crippen LogP contribution in [0.3, 0.4) is 0 Å². The summed E-state index contributed by atoms with van der Waals surface area (Å²) in [5, 5.41) is 0. The van der Waals surface area contributed by atoms with E-state index in [-0.39, 0.29) is 101 Å². The summed E-state index contributed by atoms with van der Waals surface area (Å²) >= 11 is 0. The molecule has 4 heterocycles. The third-order valence-electron chi connectivity index (χ3n) is 36.8. The first-order valence-electron chi connectivity index (χ1n) is 50.5. The van der Waals surface area contributed by atoms with E-state index in [0.29, 0.717) is 81.0 Å². The van der Waals surface area contributed by atoms with Crippen LogP contribution in [0, 0.1) is 178 Å². The number of rotatable bonds is 30. The average Bonchev–Trinajstić information content (AvgIpc) is 1.73. The fourth-order valence-corrected chi connectivity index (χ4v) is 30.2. The second kappa shape index (κ2) is 37.4. The van der Waals surface area contributed by atoms with Gasteiger partial charge in [0.25, 0.3) is 0 Å². The minimum Gasteiger partial charge on any atom is -0.460 e. The fraction of sp³-hybridized carbons (Fsp3) is 0.842. The molecule has 0 N–H and O–H groups in total. The van der Waals surface area contributed by atoms with Gasteiger partial charge < -0.3 is 75.8 Å².